The first-order valence-electron chi connectivity index (χ1n) is 7.33. The van der Waals surface area contributed by atoms with Crippen LogP contribution < -0.4 is 10.6 Å². The summed E-state index contributed by atoms with van der Waals surface area (Å²) in [6.45, 7) is 3.72. The summed E-state index contributed by atoms with van der Waals surface area (Å²) in [5, 5.41) is 5.85. The molecule has 0 bridgehead atoms. The Hall–Kier alpha value is -1.33. The van der Waals surface area contributed by atoms with Gasteiger partial charge >= 0.3 is 0 Å². The Bertz CT molecular complexity index is 755. The molecule has 2 atom stereocenters. The summed E-state index contributed by atoms with van der Waals surface area (Å²) < 4.78 is 13.0. The number of nitrogens with two attached hydrogens (primary N) is 1. The van der Waals surface area contributed by atoms with E-state index in [1.165, 1.54) is 12.1 Å². The predicted molar refractivity (Wildman–Crippen MR) is 96.3 cm³/mol. The molecule has 0 unspecified atom stereocenters. The molecule has 0 fully saturated rings. The van der Waals surface area contributed by atoms with Gasteiger partial charge in [0.15, 0.2) is 6.04 Å². The van der Waals surface area contributed by atoms with Crippen molar-refractivity contribution in [2.24, 2.45) is 0 Å². The highest BCUT2D eigenvalue weighted by molar-refractivity contribution is 6.35. The number of nitrogens with one attached hydrogen (secondary N) is 1. The molecular formula is C17H17Cl3FN2O+. The smallest absolute Gasteiger partial charge is 0.282 e. The molecule has 2 aromatic rings. The first-order valence-corrected chi connectivity index (χ1v) is 8.47. The summed E-state index contributed by atoms with van der Waals surface area (Å²) in [4.78, 5) is 12.3. The molecule has 24 heavy (non-hydrogen) atoms. The summed E-state index contributed by atoms with van der Waals surface area (Å²) >= 11 is 18.0. The number of quaternary nitrogens is 1. The number of carbonyl (C=O) groups is 1. The Labute approximate surface area is 155 Å². The molecule has 2 aromatic carbocycles. The van der Waals surface area contributed by atoms with Gasteiger partial charge in [-0.05, 0) is 44.2 Å². The zero-order chi connectivity index (χ0) is 17.9. The summed E-state index contributed by atoms with van der Waals surface area (Å²) in [5.41, 5.74) is 1.26. The van der Waals surface area contributed by atoms with E-state index in [1.54, 1.807) is 19.1 Å². The molecule has 0 radical (unpaired) electrons. The zero-order valence-electron chi connectivity index (χ0n) is 13.1. The largest absolute Gasteiger partial charge is 0.330 e. The number of halogens is 4. The highest BCUT2D eigenvalue weighted by atomic mass is 35.5. The second-order valence-electron chi connectivity index (χ2n) is 5.55. The fraction of sp³-hybridized carbons (Fsp3) is 0.235. The van der Waals surface area contributed by atoms with Crippen LogP contribution in [0.3, 0.4) is 0 Å². The highest BCUT2D eigenvalue weighted by Gasteiger charge is 2.22. The molecule has 0 saturated carbocycles. The van der Waals surface area contributed by atoms with Crippen molar-refractivity contribution in [3.63, 3.8) is 0 Å². The molecular weight excluding hydrogens is 374 g/mol. The van der Waals surface area contributed by atoms with Crippen LogP contribution in [0.15, 0.2) is 36.4 Å². The van der Waals surface area contributed by atoms with E-state index in [2.05, 4.69) is 5.32 Å². The van der Waals surface area contributed by atoms with Crippen molar-refractivity contribution in [2.45, 2.75) is 25.9 Å². The Morgan fingerprint density at radius 1 is 1.08 bits per heavy atom. The van der Waals surface area contributed by atoms with Crippen LogP contribution in [0.4, 0.5) is 10.1 Å². The molecule has 3 nitrogen and oxygen atoms in total. The molecule has 0 aliphatic heterocycles. The van der Waals surface area contributed by atoms with Crippen LogP contribution in [-0.2, 0) is 4.79 Å². The van der Waals surface area contributed by atoms with Gasteiger partial charge in [-0.3, -0.25) is 4.79 Å². The molecule has 3 N–H and O–H groups in total. The van der Waals surface area contributed by atoms with Gasteiger partial charge in [-0.25, -0.2) is 4.39 Å². The number of hydrogen-bond donors (Lipinski definition) is 2. The first kappa shape index (κ1) is 19.0. The van der Waals surface area contributed by atoms with Crippen molar-refractivity contribution in [1.29, 1.82) is 0 Å². The number of anilines is 1. The normalized spacial score (nSPS) is 13.4. The topological polar surface area (TPSA) is 45.7 Å². The van der Waals surface area contributed by atoms with Crippen molar-refractivity contribution in [2.75, 3.05) is 5.32 Å². The van der Waals surface area contributed by atoms with E-state index in [9.17, 15) is 9.18 Å². The summed E-state index contributed by atoms with van der Waals surface area (Å²) in [6.07, 6.45) is 0. The molecule has 0 aliphatic rings. The lowest BCUT2D eigenvalue weighted by molar-refractivity contribution is -0.709. The van der Waals surface area contributed by atoms with E-state index in [0.29, 0.717) is 15.7 Å². The van der Waals surface area contributed by atoms with Crippen molar-refractivity contribution in [3.05, 3.63) is 62.8 Å². The Morgan fingerprint density at radius 2 is 1.79 bits per heavy atom. The van der Waals surface area contributed by atoms with Gasteiger partial charge in [0.2, 0.25) is 0 Å². The molecule has 0 aliphatic carbocycles. The average molecular weight is 391 g/mol. The van der Waals surface area contributed by atoms with Gasteiger partial charge < -0.3 is 10.6 Å². The third-order valence-corrected chi connectivity index (χ3v) is 4.51. The minimum atomic E-state index is -0.455. The number of amides is 1. The number of benzene rings is 2. The van der Waals surface area contributed by atoms with Gasteiger partial charge in [-0.2, -0.15) is 0 Å². The van der Waals surface area contributed by atoms with E-state index in [4.69, 9.17) is 34.8 Å². The van der Waals surface area contributed by atoms with Crippen molar-refractivity contribution >= 4 is 46.4 Å². The predicted octanol–water partition coefficient (Wildman–Crippen LogP) is 4.44. The zero-order valence-corrected chi connectivity index (χ0v) is 15.4. The van der Waals surface area contributed by atoms with Gasteiger partial charge in [0, 0.05) is 10.6 Å². The van der Waals surface area contributed by atoms with Crippen LogP contribution in [0.25, 0.3) is 0 Å². The molecule has 0 aromatic heterocycles. The van der Waals surface area contributed by atoms with Gasteiger partial charge in [0.25, 0.3) is 5.91 Å². The van der Waals surface area contributed by atoms with E-state index in [1.807, 2.05) is 18.3 Å². The van der Waals surface area contributed by atoms with E-state index >= 15 is 0 Å². The second kappa shape index (κ2) is 8.17. The molecule has 0 saturated heterocycles. The summed E-state index contributed by atoms with van der Waals surface area (Å²) in [7, 11) is 0. The SMILES string of the molecule is C[C@@H]([NH2+][C@H](C)c1ccc(Cl)cc1Cl)C(=O)Nc1ccc(F)cc1Cl. The second-order valence-corrected chi connectivity index (χ2v) is 6.80. The molecule has 0 spiro atoms. The fourth-order valence-corrected chi connectivity index (χ4v) is 3.13. The maximum atomic E-state index is 13.0. The number of rotatable bonds is 5. The third-order valence-electron chi connectivity index (χ3n) is 3.63. The van der Waals surface area contributed by atoms with E-state index in [-0.39, 0.29) is 17.0 Å². The lowest BCUT2D eigenvalue weighted by atomic mass is 10.1. The highest BCUT2D eigenvalue weighted by Crippen LogP contribution is 2.25. The monoisotopic (exact) mass is 389 g/mol. The standard InChI is InChI=1S/C17H16Cl3FN2O/c1-9(13-5-3-11(18)7-14(13)19)22-10(2)17(24)23-16-6-4-12(21)8-15(16)20/h3-10,22H,1-2H3,(H,23,24)/p+1/t9-,10-/m1/s1. The number of hydrogen-bond acceptors (Lipinski definition) is 1. The summed E-state index contributed by atoms with van der Waals surface area (Å²) in [6, 6.07) is 8.66. The van der Waals surface area contributed by atoms with Crippen LogP contribution in [0.5, 0.6) is 0 Å². The molecule has 128 valence electrons. The lowest BCUT2D eigenvalue weighted by Gasteiger charge is -2.18. The van der Waals surface area contributed by atoms with Gasteiger partial charge in [0.1, 0.15) is 11.9 Å². The fourth-order valence-electron chi connectivity index (χ4n) is 2.33. The Balaban J connectivity index is 2.02. The molecule has 1 amide bonds. The van der Waals surface area contributed by atoms with Crippen LogP contribution in [0.1, 0.15) is 25.5 Å². The Morgan fingerprint density at radius 3 is 2.42 bits per heavy atom. The summed E-state index contributed by atoms with van der Waals surface area (Å²) in [5.74, 6) is -0.691. The van der Waals surface area contributed by atoms with Gasteiger partial charge in [0.05, 0.1) is 15.7 Å². The average Bonchev–Trinajstić information content (AvgIpc) is 2.49. The quantitative estimate of drug-likeness (QED) is 0.779. The molecule has 0 heterocycles. The van der Waals surface area contributed by atoms with Crippen LogP contribution in [0, 0.1) is 5.82 Å². The van der Waals surface area contributed by atoms with Gasteiger partial charge in [-0.15, -0.1) is 0 Å². The van der Waals surface area contributed by atoms with Gasteiger partial charge in [-0.1, -0.05) is 40.9 Å². The molecule has 2 rings (SSSR count). The third kappa shape index (κ3) is 4.84. The van der Waals surface area contributed by atoms with Crippen molar-refractivity contribution in [1.82, 2.24) is 0 Å². The molecule has 7 heteroatoms. The van der Waals surface area contributed by atoms with Crippen LogP contribution in [-0.4, -0.2) is 11.9 Å². The van der Waals surface area contributed by atoms with E-state index in [0.717, 1.165) is 11.6 Å². The van der Waals surface area contributed by atoms with Crippen molar-refractivity contribution < 1.29 is 14.5 Å². The maximum Gasteiger partial charge on any atom is 0.282 e. The first-order chi connectivity index (χ1) is 11.3. The Kier molecular flexibility index (Phi) is 6.47. The minimum Gasteiger partial charge on any atom is -0.330 e. The maximum absolute atomic E-state index is 13.0. The number of carbonyl (C=O) groups excluding carboxylic acids is 1. The minimum absolute atomic E-state index is 0.0424. The van der Waals surface area contributed by atoms with E-state index < -0.39 is 11.9 Å². The van der Waals surface area contributed by atoms with Crippen molar-refractivity contribution in [3.8, 4) is 0 Å². The van der Waals surface area contributed by atoms with Crippen LogP contribution >= 0.6 is 34.8 Å². The lowest BCUT2D eigenvalue weighted by Crippen LogP contribution is -2.91. The van der Waals surface area contributed by atoms with Crippen LogP contribution in [0.2, 0.25) is 15.1 Å².